The second kappa shape index (κ2) is 9.51. The second-order valence-corrected chi connectivity index (χ2v) is 11.0. The van der Waals surface area contributed by atoms with Crippen molar-refractivity contribution in [3.8, 4) is 11.5 Å². The molecule has 9 heteroatoms. The van der Waals surface area contributed by atoms with Crippen molar-refractivity contribution >= 4 is 17.8 Å². The Morgan fingerprint density at radius 2 is 1.86 bits per heavy atom. The lowest BCUT2D eigenvalue weighted by molar-refractivity contribution is -0.127. The van der Waals surface area contributed by atoms with Crippen LogP contribution in [0.5, 0.6) is 0 Å². The van der Waals surface area contributed by atoms with E-state index in [4.69, 9.17) is 9.72 Å². The highest BCUT2D eigenvalue weighted by atomic mass is 16.6. The van der Waals surface area contributed by atoms with E-state index in [-0.39, 0.29) is 24.0 Å². The normalized spacial score (nSPS) is 21.3. The van der Waals surface area contributed by atoms with Gasteiger partial charge in [0.1, 0.15) is 17.1 Å². The molecule has 35 heavy (non-hydrogen) atoms. The summed E-state index contributed by atoms with van der Waals surface area (Å²) >= 11 is 0. The van der Waals surface area contributed by atoms with Crippen LogP contribution in [0.1, 0.15) is 64.5 Å². The van der Waals surface area contributed by atoms with Gasteiger partial charge in [0.05, 0.1) is 0 Å². The van der Waals surface area contributed by atoms with Gasteiger partial charge in [0.15, 0.2) is 5.82 Å². The number of rotatable bonds is 5. The lowest BCUT2D eigenvalue weighted by Gasteiger charge is -2.33. The van der Waals surface area contributed by atoms with E-state index in [1.54, 1.807) is 4.90 Å². The molecular weight excluding hydrogens is 444 g/mol. The first-order valence-electron chi connectivity index (χ1n) is 12.8. The molecule has 2 aromatic heterocycles. The number of nitrogens with zero attached hydrogens (tertiary/aromatic N) is 4. The first-order chi connectivity index (χ1) is 16.7. The molecule has 0 unspecified atom stereocenters. The summed E-state index contributed by atoms with van der Waals surface area (Å²) in [5.74, 6) is 2.38. The Labute approximate surface area is 206 Å². The number of imidazole rings is 1. The average molecular weight is 481 g/mol. The van der Waals surface area contributed by atoms with E-state index in [0.717, 1.165) is 36.8 Å². The van der Waals surface area contributed by atoms with Gasteiger partial charge in [-0.2, -0.15) is 0 Å². The smallest absolute Gasteiger partial charge is 0.410 e. The first-order valence-corrected chi connectivity index (χ1v) is 12.8. The number of carbonyl (C=O) groups excluding carboxylic acids is 2. The first kappa shape index (κ1) is 23.6. The zero-order valence-corrected chi connectivity index (χ0v) is 20.9. The van der Waals surface area contributed by atoms with E-state index in [2.05, 4.69) is 20.2 Å². The molecule has 1 aliphatic carbocycles. The maximum atomic E-state index is 12.9. The minimum Gasteiger partial charge on any atom is -0.444 e. The third-order valence-electron chi connectivity index (χ3n) is 6.97. The number of aromatic nitrogens is 3. The molecule has 1 saturated carbocycles. The van der Waals surface area contributed by atoms with E-state index < -0.39 is 5.60 Å². The topological polar surface area (TPSA) is 103 Å². The molecule has 9 nitrogen and oxygen atoms in total. The van der Waals surface area contributed by atoms with Gasteiger partial charge in [0.25, 0.3) is 0 Å². The summed E-state index contributed by atoms with van der Waals surface area (Å²) in [5, 5.41) is 3.24. The minimum absolute atomic E-state index is 0.0659. The fraction of sp³-hybridized carbons (Fsp3) is 0.615. The Morgan fingerprint density at radius 3 is 2.57 bits per heavy atom. The van der Waals surface area contributed by atoms with Crippen molar-refractivity contribution in [3.63, 3.8) is 0 Å². The van der Waals surface area contributed by atoms with E-state index in [9.17, 15) is 9.59 Å². The number of carbonyl (C=O) groups is 2. The molecule has 5 rings (SSSR count). The number of hydrogen-bond acceptors (Lipinski definition) is 6. The quantitative estimate of drug-likeness (QED) is 0.677. The number of piperidine rings is 1. The van der Waals surface area contributed by atoms with Gasteiger partial charge in [-0.1, -0.05) is 6.07 Å². The van der Waals surface area contributed by atoms with Crippen molar-refractivity contribution in [1.82, 2.24) is 25.2 Å². The summed E-state index contributed by atoms with van der Waals surface area (Å²) in [6.07, 6.45) is 6.32. The fourth-order valence-corrected chi connectivity index (χ4v) is 4.85. The third kappa shape index (κ3) is 5.77. The molecule has 4 heterocycles. The van der Waals surface area contributed by atoms with Gasteiger partial charge >= 0.3 is 6.09 Å². The maximum Gasteiger partial charge on any atom is 0.410 e. The van der Waals surface area contributed by atoms with Crippen molar-refractivity contribution in [2.75, 3.05) is 31.1 Å². The van der Waals surface area contributed by atoms with E-state index in [0.29, 0.717) is 31.8 Å². The molecule has 1 atom stereocenters. The van der Waals surface area contributed by atoms with Crippen molar-refractivity contribution in [2.45, 2.75) is 70.4 Å². The number of anilines is 1. The third-order valence-corrected chi connectivity index (χ3v) is 6.97. The summed E-state index contributed by atoms with van der Waals surface area (Å²) < 4.78 is 5.45. The Balaban J connectivity index is 1.11. The van der Waals surface area contributed by atoms with Gasteiger partial charge in [0, 0.05) is 55.9 Å². The Kier molecular flexibility index (Phi) is 6.42. The lowest BCUT2D eigenvalue weighted by Crippen LogP contribution is -2.47. The van der Waals surface area contributed by atoms with Crippen molar-refractivity contribution in [1.29, 1.82) is 0 Å². The number of amides is 2. The van der Waals surface area contributed by atoms with Crippen LogP contribution in [-0.4, -0.2) is 69.7 Å². The van der Waals surface area contributed by atoms with Crippen LogP contribution in [0.2, 0.25) is 0 Å². The molecular formula is C26H36N6O3. The van der Waals surface area contributed by atoms with Crippen LogP contribution >= 0.6 is 0 Å². The molecule has 2 aliphatic heterocycles. The van der Waals surface area contributed by atoms with Gasteiger partial charge in [-0.15, -0.1) is 0 Å². The molecule has 2 saturated heterocycles. The molecule has 0 radical (unpaired) electrons. The number of likely N-dealkylation sites (tertiary alicyclic amines) is 1. The highest BCUT2D eigenvalue weighted by molar-refractivity contribution is 5.79. The number of hydrogen-bond donors (Lipinski definition) is 2. The molecule has 188 valence electrons. The molecule has 0 spiro atoms. The lowest BCUT2D eigenvalue weighted by atomic mass is 9.95. The number of nitrogens with one attached hydrogen (secondary N) is 2. The summed E-state index contributed by atoms with van der Waals surface area (Å²) in [6.45, 7) is 8.29. The Bertz CT molecular complexity index is 1070. The van der Waals surface area contributed by atoms with Crippen LogP contribution in [-0.2, 0) is 9.53 Å². The summed E-state index contributed by atoms with van der Waals surface area (Å²) in [7, 11) is 0. The zero-order valence-electron chi connectivity index (χ0n) is 20.9. The van der Waals surface area contributed by atoms with Gasteiger partial charge < -0.3 is 24.8 Å². The molecule has 2 N–H and O–H groups in total. The van der Waals surface area contributed by atoms with E-state index >= 15 is 0 Å². The van der Waals surface area contributed by atoms with E-state index in [1.165, 1.54) is 18.5 Å². The predicted octanol–water partition coefficient (Wildman–Crippen LogP) is 3.69. The van der Waals surface area contributed by atoms with Gasteiger partial charge in [-0.25, -0.2) is 14.8 Å². The highest BCUT2D eigenvalue weighted by Gasteiger charge is 2.32. The molecule has 3 fully saturated rings. The number of ether oxygens (including phenoxy) is 1. The number of H-pyrrole nitrogens is 1. The highest BCUT2D eigenvalue weighted by Crippen LogP contribution is 2.39. The van der Waals surface area contributed by atoms with Crippen LogP contribution in [0.4, 0.5) is 10.6 Å². The standard InChI is InChI=1S/C26H36N6O3/c1-26(2,3)35-25(34)31-12-9-18(10-13-31)24(33)28-19-11-14-32(16-19)22-6-4-5-20(29-22)23-27-15-21(30-23)17-7-8-17/h4-6,15,17-19H,7-14,16H2,1-3H3,(H,27,30)(H,28,33)/t19-/m1/s1. The molecule has 0 bridgehead atoms. The molecule has 2 aromatic rings. The maximum absolute atomic E-state index is 12.9. The average Bonchev–Trinajstić information content (AvgIpc) is 3.37. The van der Waals surface area contributed by atoms with Crippen molar-refractivity contribution in [3.05, 3.63) is 30.1 Å². The van der Waals surface area contributed by atoms with E-state index in [1.807, 2.05) is 45.2 Å². The van der Waals surface area contributed by atoms with Crippen molar-refractivity contribution < 1.29 is 14.3 Å². The Morgan fingerprint density at radius 1 is 1.09 bits per heavy atom. The second-order valence-electron chi connectivity index (χ2n) is 11.0. The molecule has 2 amide bonds. The van der Waals surface area contributed by atoms with Crippen LogP contribution in [0.25, 0.3) is 11.5 Å². The minimum atomic E-state index is -0.508. The summed E-state index contributed by atoms with van der Waals surface area (Å²) in [6, 6.07) is 6.12. The summed E-state index contributed by atoms with van der Waals surface area (Å²) in [5.41, 5.74) is 1.54. The van der Waals surface area contributed by atoms with Crippen LogP contribution < -0.4 is 10.2 Å². The zero-order chi connectivity index (χ0) is 24.6. The van der Waals surface area contributed by atoms with Crippen LogP contribution in [0, 0.1) is 5.92 Å². The van der Waals surface area contributed by atoms with Gasteiger partial charge in [0.2, 0.25) is 5.91 Å². The fourth-order valence-electron chi connectivity index (χ4n) is 4.85. The SMILES string of the molecule is CC(C)(C)OC(=O)N1CCC(C(=O)N[C@@H]2CCN(c3cccc(-c4ncc(C5CC5)[nH]4)n3)C2)CC1. The van der Waals surface area contributed by atoms with Crippen molar-refractivity contribution in [2.24, 2.45) is 5.92 Å². The monoisotopic (exact) mass is 480 g/mol. The van der Waals surface area contributed by atoms with Gasteiger partial charge in [-0.05, 0) is 65.0 Å². The largest absolute Gasteiger partial charge is 0.444 e. The van der Waals surface area contributed by atoms with Gasteiger partial charge in [-0.3, -0.25) is 4.79 Å². The Hall–Kier alpha value is -3.10. The predicted molar refractivity (Wildman–Crippen MR) is 133 cm³/mol. The molecule has 3 aliphatic rings. The van der Waals surface area contributed by atoms with Crippen LogP contribution in [0.15, 0.2) is 24.4 Å². The summed E-state index contributed by atoms with van der Waals surface area (Å²) in [4.78, 5) is 41.9. The number of pyridine rings is 1. The van der Waals surface area contributed by atoms with Crippen LogP contribution in [0.3, 0.4) is 0 Å². The number of aromatic amines is 1. The molecule has 0 aromatic carbocycles.